The summed E-state index contributed by atoms with van der Waals surface area (Å²) in [6.45, 7) is 3.94. The van der Waals surface area contributed by atoms with E-state index < -0.39 is 22.1 Å². The summed E-state index contributed by atoms with van der Waals surface area (Å²) in [7, 11) is -3.41. The number of anilines is 2. The van der Waals surface area contributed by atoms with Crippen molar-refractivity contribution < 1.29 is 18.0 Å². The zero-order valence-corrected chi connectivity index (χ0v) is 16.2. The predicted octanol–water partition coefficient (Wildman–Crippen LogP) is 2.62. The number of nitrogens with zero attached hydrogens (tertiary/aromatic N) is 2. The molecule has 1 heterocycles. The van der Waals surface area contributed by atoms with Crippen LogP contribution in [0.3, 0.4) is 0 Å². The number of hydrogen-bond donors (Lipinski definition) is 1. The van der Waals surface area contributed by atoms with Crippen LogP contribution in [0.4, 0.5) is 16.2 Å². The monoisotopic (exact) mass is 399 g/mol. The fourth-order valence-corrected chi connectivity index (χ4v) is 3.71. The van der Waals surface area contributed by atoms with Gasteiger partial charge in [0.1, 0.15) is 6.04 Å². The first-order valence-electron chi connectivity index (χ1n) is 8.67. The molecule has 1 saturated heterocycles. The first-order chi connectivity index (χ1) is 13.3. The maximum absolute atomic E-state index is 13.0. The van der Waals surface area contributed by atoms with Crippen LogP contribution in [0, 0.1) is 0 Å². The first kappa shape index (κ1) is 19.6. The van der Waals surface area contributed by atoms with Gasteiger partial charge in [0, 0.05) is 18.7 Å². The summed E-state index contributed by atoms with van der Waals surface area (Å²) < 4.78 is 25.0. The van der Waals surface area contributed by atoms with Gasteiger partial charge in [0.05, 0.1) is 11.9 Å². The van der Waals surface area contributed by atoms with Gasteiger partial charge in [-0.2, -0.15) is 0 Å². The molecule has 3 rings (SSSR count). The summed E-state index contributed by atoms with van der Waals surface area (Å²) in [4.78, 5) is 28.5. The molecule has 1 aliphatic rings. The molecule has 0 radical (unpaired) electrons. The Morgan fingerprint density at radius 3 is 2.29 bits per heavy atom. The zero-order valence-electron chi connectivity index (χ0n) is 15.4. The molecule has 1 unspecified atom stereocenters. The highest BCUT2D eigenvalue weighted by Crippen LogP contribution is 2.28. The van der Waals surface area contributed by atoms with Crippen LogP contribution < -0.4 is 9.62 Å². The number of hydrogen-bond acceptors (Lipinski definition) is 4. The van der Waals surface area contributed by atoms with Crippen LogP contribution >= 0.6 is 0 Å². The van der Waals surface area contributed by atoms with E-state index in [1.54, 1.807) is 18.2 Å². The maximum atomic E-state index is 13.0. The Kier molecular flexibility index (Phi) is 5.51. The Bertz CT molecular complexity index is 988. The third kappa shape index (κ3) is 4.23. The normalized spacial score (nSPS) is 17.1. The van der Waals surface area contributed by atoms with Gasteiger partial charge in [-0.15, -0.1) is 6.58 Å². The largest absolute Gasteiger partial charge is 0.332 e. The lowest BCUT2D eigenvalue weighted by Crippen LogP contribution is -2.36. The average Bonchev–Trinajstić information content (AvgIpc) is 2.87. The Balaban J connectivity index is 1.87. The lowest BCUT2D eigenvalue weighted by molar-refractivity contribution is -0.119. The van der Waals surface area contributed by atoms with E-state index in [-0.39, 0.29) is 12.5 Å². The van der Waals surface area contributed by atoms with E-state index in [4.69, 9.17) is 0 Å². The van der Waals surface area contributed by atoms with E-state index in [0.717, 1.165) is 16.7 Å². The minimum atomic E-state index is -3.41. The topological polar surface area (TPSA) is 86.8 Å². The summed E-state index contributed by atoms with van der Waals surface area (Å²) in [6.07, 6.45) is 3.05. The highest BCUT2D eigenvalue weighted by molar-refractivity contribution is 7.92. The van der Waals surface area contributed by atoms with Crippen LogP contribution in [-0.4, -0.2) is 44.1 Å². The minimum Gasteiger partial charge on any atom is -0.308 e. The molecule has 1 aliphatic heterocycles. The maximum Gasteiger partial charge on any atom is 0.332 e. The summed E-state index contributed by atoms with van der Waals surface area (Å²) >= 11 is 0. The molecule has 2 aromatic carbocycles. The number of nitrogens with one attached hydrogen (secondary N) is 1. The second kappa shape index (κ2) is 7.85. The molecule has 3 amide bonds. The molecule has 1 fully saturated rings. The van der Waals surface area contributed by atoms with Crippen LogP contribution in [0.1, 0.15) is 5.56 Å². The summed E-state index contributed by atoms with van der Waals surface area (Å²) in [6, 6.07) is 14.6. The molecule has 28 heavy (non-hydrogen) atoms. The number of imide groups is 1. The lowest BCUT2D eigenvalue weighted by Gasteiger charge is -2.20. The first-order valence-corrected chi connectivity index (χ1v) is 10.6. The van der Waals surface area contributed by atoms with E-state index in [1.165, 1.54) is 17.0 Å². The van der Waals surface area contributed by atoms with Gasteiger partial charge < -0.3 is 4.90 Å². The van der Waals surface area contributed by atoms with E-state index in [2.05, 4.69) is 11.3 Å². The van der Waals surface area contributed by atoms with Crippen molar-refractivity contribution in [2.45, 2.75) is 12.5 Å². The van der Waals surface area contributed by atoms with E-state index >= 15 is 0 Å². The molecular weight excluding hydrogens is 378 g/mol. The van der Waals surface area contributed by atoms with E-state index in [0.29, 0.717) is 17.8 Å². The number of amides is 3. The molecule has 0 aliphatic carbocycles. The number of carbonyl (C=O) groups is 2. The van der Waals surface area contributed by atoms with Crippen molar-refractivity contribution in [2.24, 2.45) is 0 Å². The molecule has 0 bridgehead atoms. The molecule has 1 N–H and O–H groups in total. The Labute approximate surface area is 164 Å². The Morgan fingerprint density at radius 1 is 1.07 bits per heavy atom. The highest BCUT2D eigenvalue weighted by Gasteiger charge is 2.45. The third-order valence-corrected chi connectivity index (χ3v) is 4.95. The fourth-order valence-electron chi connectivity index (χ4n) is 3.15. The van der Waals surface area contributed by atoms with Crippen LogP contribution in [0.15, 0.2) is 67.3 Å². The standard InChI is InChI=1S/C20H21N3O4S/c1-3-13-22-18(14-15-7-5-4-6-8-15)19(24)23(20(22)25)17-11-9-16(10-12-17)21-28(2,26)27/h3-12,18,21H,1,13-14H2,2H3. The molecule has 0 saturated carbocycles. The van der Waals surface area contributed by atoms with Crippen molar-refractivity contribution in [3.05, 3.63) is 72.8 Å². The molecular formula is C20H21N3O4S. The minimum absolute atomic E-state index is 0.256. The van der Waals surface area contributed by atoms with Gasteiger partial charge in [-0.1, -0.05) is 36.4 Å². The number of sulfonamides is 1. The van der Waals surface area contributed by atoms with E-state index in [9.17, 15) is 18.0 Å². The predicted molar refractivity (Wildman–Crippen MR) is 109 cm³/mol. The van der Waals surface area contributed by atoms with Crippen molar-refractivity contribution in [1.82, 2.24) is 4.90 Å². The summed E-state index contributed by atoms with van der Waals surface area (Å²) in [5, 5.41) is 0. The molecule has 1 atom stereocenters. The second-order valence-corrected chi connectivity index (χ2v) is 8.27. The molecule has 146 valence electrons. The van der Waals surface area contributed by atoms with Gasteiger partial charge in [0.15, 0.2) is 0 Å². The van der Waals surface area contributed by atoms with Crippen LogP contribution in [-0.2, 0) is 21.2 Å². The van der Waals surface area contributed by atoms with Crippen molar-refractivity contribution in [2.75, 3.05) is 22.4 Å². The van der Waals surface area contributed by atoms with Crippen LogP contribution in [0.5, 0.6) is 0 Å². The number of rotatable bonds is 7. The Hall–Kier alpha value is -3.13. The van der Waals surface area contributed by atoms with Crippen LogP contribution in [0.2, 0.25) is 0 Å². The van der Waals surface area contributed by atoms with Gasteiger partial charge in [0.2, 0.25) is 10.0 Å². The number of urea groups is 1. The summed E-state index contributed by atoms with van der Waals surface area (Å²) in [5.41, 5.74) is 1.70. The Morgan fingerprint density at radius 2 is 1.71 bits per heavy atom. The third-order valence-electron chi connectivity index (χ3n) is 4.35. The highest BCUT2D eigenvalue weighted by atomic mass is 32.2. The van der Waals surface area contributed by atoms with Crippen LogP contribution in [0.25, 0.3) is 0 Å². The number of carbonyl (C=O) groups excluding carboxylic acids is 2. The van der Waals surface area contributed by atoms with Crippen molar-refractivity contribution in [3.8, 4) is 0 Å². The zero-order chi connectivity index (χ0) is 20.3. The van der Waals surface area contributed by atoms with Gasteiger partial charge in [-0.3, -0.25) is 9.52 Å². The molecule has 8 heteroatoms. The summed E-state index contributed by atoms with van der Waals surface area (Å²) in [5.74, 6) is -0.320. The number of benzene rings is 2. The van der Waals surface area contributed by atoms with Crippen molar-refractivity contribution in [1.29, 1.82) is 0 Å². The van der Waals surface area contributed by atoms with Crippen molar-refractivity contribution in [3.63, 3.8) is 0 Å². The molecule has 0 spiro atoms. The quantitative estimate of drug-likeness (QED) is 0.573. The second-order valence-electron chi connectivity index (χ2n) is 6.52. The SMILES string of the molecule is C=CCN1C(=O)N(c2ccc(NS(C)(=O)=O)cc2)C(=O)C1Cc1ccccc1. The van der Waals surface area contributed by atoms with Crippen molar-refractivity contribution >= 4 is 33.3 Å². The molecule has 0 aromatic heterocycles. The van der Waals surface area contributed by atoms with Gasteiger partial charge in [-0.05, 0) is 29.8 Å². The average molecular weight is 399 g/mol. The van der Waals surface area contributed by atoms with Gasteiger partial charge in [0.25, 0.3) is 5.91 Å². The van der Waals surface area contributed by atoms with E-state index in [1.807, 2.05) is 30.3 Å². The smallest absolute Gasteiger partial charge is 0.308 e. The molecule has 2 aromatic rings. The lowest BCUT2D eigenvalue weighted by atomic mass is 10.0. The fraction of sp³-hybridized carbons (Fsp3) is 0.200. The van der Waals surface area contributed by atoms with Gasteiger partial charge >= 0.3 is 6.03 Å². The molecule has 7 nitrogen and oxygen atoms in total. The van der Waals surface area contributed by atoms with Gasteiger partial charge in [-0.25, -0.2) is 18.1 Å².